The van der Waals surface area contributed by atoms with Gasteiger partial charge in [0.2, 0.25) is 22.7 Å². The fraction of sp³-hybridized carbons (Fsp3) is 0.125. The third kappa shape index (κ3) is 4.99. The highest BCUT2D eigenvalue weighted by Gasteiger charge is 2.20. The van der Waals surface area contributed by atoms with Gasteiger partial charge in [0.15, 0.2) is 11.5 Å². The van der Waals surface area contributed by atoms with Gasteiger partial charge in [0.25, 0.3) is 0 Å². The second kappa shape index (κ2) is 9.25. The SMILES string of the molecule is CN(Cc1ccccc1)S(=O)(=O)c1ccc(NC(=O)C=Cc2ccc3c(c2)OCO3)cc1. The third-order valence-electron chi connectivity index (χ3n) is 4.90. The summed E-state index contributed by atoms with van der Waals surface area (Å²) in [5.74, 6) is 0.983. The Morgan fingerprint density at radius 2 is 1.72 bits per heavy atom. The summed E-state index contributed by atoms with van der Waals surface area (Å²) >= 11 is 0. The standard InChI is InChI=1S/C24H22N2O5S/c1-26(16-19-5-3-2-4-6-19)32(28,29)21-11-9-20(10-12-21)25-24(27)14-8-18-7-13-22-23(15-18)31-17-30-22/h2-15H,16-17H2,1H3,(H,25,27). The van der Waals surface area contributed by atoms with E-state index in [1.807, 2.05) is 36.4 Å². The number of ether oxygens (including phenoxy) is 2. The molecule has 4 rings (SSSR count). The van der Waals surface area contributed by atoms with Crippen LogP contribution in [0.25, 0.3) is 6.08 Å². The molecule has 3 aromatic rings. The quantitative estimate of drug-likeness (QED) is 0.552. The van der Waals surface area contributed by atoms with Gasteiger partial charge in [-0.2, -0.15) is 4.31 Å². The molecule has 3 aromatic carbocycles. The number of fused-ring (bicyclic) bond motifs is 1. The number of carbonyl (C=O) groups is 1. The topological polar surface area (TPSA) is 84.9 Å². The Morgan fingerprint density at radius 3 is 2.47 bits per heavy atom. The van der Waals surface area contributed by atoms with Crippen LogP contribution in [0, 0.1) is 0 Å². The Hall–Kier alpha value is -3.62. The summed E-state index contributed by atoms with van der Waals surface area (Å²) < 4.78 is 37.5. The average molecular weight is 451 g/mol. The van der Waals surface area contributed by atoms with Gasteiger partial charge in [-0.15, -0.1) is 0 Å². The first-order valence-electron chi connectivity index (χ1n) is 9.91. The van der Waals surface area contributed by atoms with Gasteiger partial charge in [0.05, 0.1) is 4.90 Å². The summed E-state index contributed by atoms with van der Waals surface area (Å²) in [6, 6.07) is 20.9. The molecule has 1 amide bonds. The fourth-order valence-corrected chi connectivity index (χ4v) is 4.35. The number of amides is 1. The predicted octanol–water partition coefficient (Wildman–Crippen LogP) is 3.89. The van der Waals surface area contributed by atoms with Crippen LogP contribution in [0.5, 0.6) is 11.5 Å². The summed E-state index contributed by atoms with van der Waals surface area (Å²) in [5, 5.41) is 2.72. The average Bonchev–Trinajstić information content (AvgIpc) is 3.27. The van der Waals surface area contributed by atoms with Crippen LogP contribution in [0.1, 0.15) is 11.1 Å². The van der Waals surface area contributed by atoms with Crippen molar-refractivity contribution >= 4 is 27.7 Å². The van der Waals surface area contributed by atoms with E-state index in [4.69, 9.17) is 9.47 Å². The van der Waals surface area contributed by atoms with E-state index >= 15 is 0 Å². The zero-order chi connectivity index (χ0) is 22.6. The molecule has 32 heavy (non-hydrogen) atoms. The summed E-state index contributed by atoms with van der Waals surface area (Å²) in [5.41, 5.74) is 2.19. The molecule has 1 aliphatic heterocycles. The van der Waals surface area contributed by atoms with Crippen LogP contribution in [0.15, 0.2) is 83.8 Å². The molecule has 0 unspecified atom stereocenters. The number of anilines is 1. The second-order valence-corrected chi connectivity index (χ2v) is 9.25. The first-order chi connectivity index (χ1) is 15.4. The monoisotopic (exact) mass is 450 g/mol. The van der Waals surface area contributed by atoms with E-state index in [1.165, 1.54) is 22.5 Å². The van der Waals surface area contributed by atoms with Crippen LogP contribution in [0.4, 0.5) is 5.69 Å². The van der Waals surface area contributed by atoms with E-state index in [0.29, 0.717) is 17.2 Å². The number of nitrogens with one attached hydrogen (secondary N) is 1. The van der Waals surface area contributed by atoms with Gasteiger partial charge < -0.3 is 14.8 Å². The Balaban J connectivity index is 1.38. The molecule has 0 fully saturated rings. The van der Waals surface area contributed by atoms with Gasteiger partial charge in [-0.05, 0) is 53.6 Å². The van der Waals surface area contributed by atoms with Crippen molar-refractivity contribution in [1.29, 1.82) is 0 Å². The minimum absolute atomic E-state index is 0.157. The molecule has 1 heterocycles. The minimum Gasteiger partial charge on any atom is -0.454 e. The van der Waals surface area contributed by atoms with Crippen molar-refractivity contribution < 1.29 is 22.7 Å². The largest absolute Gasteiger partial charge is 0.454 e. The van der Waals surface area contributed by atoms with E-state index in [2.05, 4.69) is 5.32 Å². The summed E-state index contributed by atoms with van der Waals surface area (Å²) in [6.07, 6.45) is 3.06. The molecule has 0 saturated heterocycles. The van der Waals surface area contributed by atoms with E-state index < -0.39 is 10.0 Å². The van der Waals surface area contributed by atoms with E-state index in [1.54, 1.807) is 37.4 Å². The van der Waals surface area contributed by atoms with Crippen molar-refractivity contribution in [2.24, 2.45) is 0 Å². The first kappa shape index (κ1) is 21.6. The van der Waals surface area contributed by atoms with Gasteiger partial charge in [-0.3, -0.25) is 4.79 Å². The highest BCUT2D eigenvalue weighted by Crippen LogP contribution is 2.32. The predicted molar refractivity (Wildman–Crippen MR) is 122 cm³/mol. The maximum absolute atomic E-state index is 12.8. The molecule has 8 heteroatoms. The lowest BCUT2D eigenvalue weighted by Crippen LogP contribution is -2.26. The summed E-state index contributed by atoms with van der Waals surface area (Å²) in [4.78, 5) is 12.4. The van der Waals surface area contributed by atoms with E-state index in [-0.39, 0.29) is 24.1 Å². The number of benzene rings is 3. The van der Waals surface area contributed by atoms with Crippen molar-refractivity contribution in [3.05, 3.63) is 90.0 Å². The van der Waals surface area contributed by atoms with Crippen molar-refractivity contribution in [1.82, 2.24) is 4.31 Å². The van der Waals surface area contributed by atoms with Crippen LogP contribution in [-0.2, 0) is 21.4 Å². The van der Waals surface area contributed by atoms with Gasteiger partial charge >= 0.3 is 0 Å². The zero-order valence-corrected chi connectivity index (χ0v) is 18.2. The Bertz CT molecular complexity index is 1240. The fourth-order valence-electron chi connectivity index (χ4n) is 3.19. The molecule has 0 saturated carbocycles. The molecule has 0 atom stereocenters. The number of carbonyl (C=O) groups excluding carboxylic acids is 1. The molecular formula is C24H22N2O5S. The molecule has 164 valence electrons. The maximum Gasteiger partial charge on any atom is 0.248 e. The molecule has 1 N–H and O–H groups in total. The molecular weight excluding hydrogens is 428 g/mol. The second-order valence-electron chi connectivity index (χ2n) is 7.21. The van der Waals surface area contributed by atoms with Crippen molar-refractivity contribution in [2.75, 3.05) is 19.2 Å². The number of rotatable bonds is 7. The number of nitrogens with zero attached hydrogens (tertiary/aromatic N) is 1. The smallest absolute Gasteiger partial charge is 0.248 e. The Morgan fingerprint density at radius 1 is 1.00 bits per heavy atom. The number of hydrogen-bond donors (Lipinski definition) is 1. The number of sulfonamides is 1. The van der Waals surface area contributed by atoms with Gasteiger partial charge in [0, 0.05) is 25.4 Å². The van der Waals surface area contributed by atoms with Crippen molar-refractivity contribution in [3.63, 3.8) is 0 Å². The molecule has 7 nitrogen and oxygen atoms in total. The Labute approximate surface area is 186 Å². The van der Waals surface area contributed by atoms with Crippen molar-refractivity contribution in [3.8, 4) is 11.5 Å². The van der Waals surface area contributed by atoms with Crippen LogP contribution < -0.4 is 14.8 Å². The number of hydrogen-bond acceptors (Lipinski definition) is 5. The molecule has 1 aliphatic rings. The Kier molecular flexibility index (Phi) is 6.25. The van der Waals surface area contributed by atoms with Crippen LogP contribution >= 0.6 is 0 Å². The lowest BCUT2D eigenvalue weighted by Gasteiger charge is -2.17. The highest BCUT2D eigenvalue weighted by molar-refractivity contribution is 7.89. The summed E-state index contributed by atoms with van der Waals surface area (Å²) in [7, 11) is -2.11. The first-order valence-corrected chi connectivity index (χ1v) is 11.3. The lowest BCUT2D eigenvalue weighted by molar-refractivity contribution is -0.111. The van der Waals surface area contributed by atoms with E-state index in [0.717, 1.165) is 11.1 Å². The lowest BCUT2D eigenvalue weighted by atomic mass is 10.2. The van der Waals surface area contributed by atoms with Crippen LogP contribution in [0.2, 0.25) is 0 Å². The van der Waals surface area contributed by atoms with Crippen LogP contribution in [0.3, 0.4) is 0 Å². The maximum atomic E-state index is 12.8. The van der Waals surface area contributed by atoms with Crippen molar-refractivity contribution in [2.45, 2.75) is 11.4 Å². The molecule has 0 bridgehead atoms. The molecule has 0 aromatic heterocycles. The summed E-state index contributed by atoms with van der Waals surface area (Å²) in [6.45, 7) is 0.461. The molecule has 0 radical (unpaired) electrons. The zero-order valence-electron chi connectivity index (χ0n) is 17.4. The molecule has 0 aliphatic carbocycles. The van der Waals surface area contributed by atoms with Gasteiger partial charge in [-0.25, -0.2) is 8.42 Å². The van der Waals surface area contributed by atoms with Crippen LogP contribution in [-0.4, -0.2) is 32.5 Å². The molecule has 0 spiro atoms. The normalized spacial score (nSPS) is 12.9. The van der Waals surface area contributed by atoms with E-state index in [9.17, 15) is 13.2 Å². The van der Waals surface area contributed by atoms with Gasteiger partial charge in [0.1, 0.15) is 0 Å². The van der Waals surface area contributed by atoms with Gasteiger partial charge in [-0.1, -0.05) is 36.4 Å². The highest BCUT2D eigenvalue weighted by atomic mass is 32.2. The minimum atomic E-state index is -3.65. The third-order valence-corrected chi connectivity index (χ3v) is 6.72.